The minimum Gasteiger partial charge on any atom is -0.478 e. The second-order valence-corrected chi connectivity index (χ2v) is 5.19. The largest absolute Gasteiger partial charge is 0.478 e. The Morgan fingerprint density at radius 3 is 2.75 bits per heavy atom. The number of carboxylic acid groups (broad SMARTS) is 1. The first kappa shape index (κ1) is 12.7. The predicted molar refractivity (Wildman–Crippen MR) is 79.9 cm³/mol. The van der Waals surface area contributed by atoms with Gasteiger partial charge in [-0.2, -0.15) is 0 Å². The van der Waals surface area contributed by atoms with E-state index in [1.165, 1.54) is 11.3 Å². The molecule has 0 radical (unpaired) electrons. The smallest absolute Gasteiger partial charge is 0.335 e. The van der Waals surface area contributed by atoms with Crippen LogP contribution in [0.25, 0.3) is 0 Å². The van der Waals surface area contributed by atoms with Crippen molar-refractivity contribution in [2.75, 3.05) is 11.4 Å². The third-order valence-electron chi connectivity index (χ3n) is 3.86. The first-order valence-electron chi connectivity index (χ1n) is 6.86. The number of carboxylic acids is 1. The maximum Gasteiger partial charge on any atom is 0.335 e. The van der Waals surface area contributed by atoms with Gasteiger partial charge < -0.3 is 10.0 Å². The summed E-state index contributed by atoms with van der Waals surface area (Å²) in [6.07, 6.45) is 2.23. The van der Waals surface area contributed by atoms with E-state index in [9.17, 15) is 4.79 Å². The highest BCUT2D eigenvalue weighted by atomic mass is 16.4. The zero-order chi connectivity index (χ0) is 14.1. The summed E-state index contributed by atoms with van der Waals surface area (Å²) in [5.74, 6) is -0.868. The van der Waals surface area contributed by atoms with Crippen LogP contribution >= 0.6 is 0 Å². The molecule has 102 valence electrons. The molecular weight excluding hydrogens is 250 g/mol. The van der Waals surface area contributed by atoms with Gasteiger partial charge in [0.2, 0.25) is 0 Å². The third kappa shape index (κ3) is 2.16. The molecule has 1 aliphatic heterocycles. The van der Waals surface area contributed by atoms with Gasteiger partial charge in [0.25, 0.3) is 0 Å². The van der Waals surface area contributed by atoms with E-state index in [1.807, 2.05) is 19.1 Å². The average molecular weight is 267 g/mol. The van der Waals surface area contributed by atoms with Crippen LogP contribution in [0, 0.1) is 6.92 Å². The lowest BCUT2D eigenvalue weighted by Crippen LogP contribution is -2.24. The van der Waals surface area contributed by atoms with Gasteiger partial charge in [0.15, 0.2) is 0 Å². The number of para-hydroxylation sites is 1. The van der Waals surface area contributed by atoms with Crippen molar-refractivity contribution >= 4 is 17.3 Å². The van der Waals surface area contributed by atoms with Crippen molar-refractivity contribution in [3.63, 3.8) is 0 Å². The number of nitrogens with zero attached hydrogens (tertiary/aromatic N) is 1. The van der Waals surface area contributed by atoms with E-state index in [1.54, 1.807) is 6.07 Å². The Morgan fingerprint density at radius 2 is 2.00 bits per heavy atom. The fraction of sp³-hybridized carbons (Fsp3) is 0.235. The molecule has 1 heterocycles. The molecule has 0 spiro atoms. The Hall–Kier alpha value is -2.29. The molecule has 0 saturated heterocycles. The van der Waals surface area contributed by atoms with Crippen molar-refractivity contribution in [2.45, 2.75) is 19.8 Å². The monoisotopic (exact) mass is 267 g/mol. The number of anilines is 2. The summed E-state index contributed by atoms with van der Waals surface area (Å²) in [5, 5.41) is 9.11. The molecule has 0 aromatic heterocycles. The maximum absolute atomic E-state index is 11.1. The van der Waals surface area contributed by atoms with Crippen LogP contribution < -0.4 is 4.90 Å². The first-order chi connectivity index (χ1) is 9.66. The molecule has 0 bridgehead atoms. The van der Waals surface area contributed by atoms with Crippen LogP contribution in [-0.2, 0) is 6.42 Å². The highest BCUT2D eigenvalue weighted by molar-refractivity contribution is 5.90. The first-order valence-corrected chi connectivity index (χ1v) is 6.86. The summed E-state index contributed by atoms with van der Waals surface area (Å²) in [6.45, 7) is 2.83. The molecule has 20 heavy (non-hydrogen) atoms. The summed E-state index contributed by atoms with van der Waals surface area (Å²) in [6, 6.07) is 14.0. The highest BCUT2D eigenvalue weighted by Gasteiger charge is 2.18. The number of benzene rings is 2. The molecule has 0 fully saturated rings. The number of aryl methyl sites for hydroxylation is 2. The molecule has 3 heteroatoms. The average Bonchev–Trinajstić information content (AvgIpc) is 2.46. The van der Waals surface area contributed by atoms with Gasteiger partial charge in [-0.05, 0) is 55.2 Å². The van der Waals surface area contributed by atoms with Crippen molar-refractivity contribution in [3.8, 4) is 0 Å². The minimum absolute atomic E-state index is 0.374. The lowest BCUT2D eigenvalue weighted by atomic mass is 10.00. The fourth-order valence-electron chi connectivity index (χ4n) is 2.86. The molecule has 0 atom stereocenters. The Bertz CT molecular complexity index is 664. The SMILES string of the molecule is Cc1cc(N2CCCc3ccccc32)ccc1C(=O)O. The summed E-state index contributed by atoms with van der Waals surface area (Å²) in [5.41, 5.74) is 4.84. The molecule has 3 nitrogen and oxygen atoms in total. The van der Waals surface area contributed by atoms with Gasteiger partial charge in [0.1, 0.15) is 0 Å². The molecule has 0 aliphatic carbocycles. The van der Waals surface area contributed by atoms with E-state index in [-0.39, 0.29) is 0 Å². The maximum atomic E-state index is 11.1. The number of rotatable bonds is 2. The Labute approximate surface area is 118 Å². The second-order valence-electron chi connectivity index (χ2n) is 5.19. The third-order valence-corrected chi connectivity index (χ3v) is 3.86. The quantitative estimate of drug-likeness (QED) is 0.900. The molecular formula is C17H17NO2. The zero-order valence-electron chi connectivity index (χ0n) is 11.5. The number of fused-ring (bicyclic) bond motifs is 1. The topological polar surface area (TPSA) is 40.5 Å². The fourth-order valence-corrected chi connectivity index (χ4v) is 2.86. The van der Waals surface area contributed by atoms with Crippen molar-refractivity contribution in [1.29, 1.82) is 0 Å². The van der Waals surface area contributed by atoms with Crippen LogP contribution in [-0.4, -0.2) is 17.6 Å². The van der Waals surface area contributed by atoms with Crippen LogP contribution in [0.1, 0.15) is 27.9 Å². The van der Waals surface area contributed by atoms with Crippen LogP contribution in [0.2, 0.25) is 0 Å². The lowest BCUT2D eigenvalue weighted by Gasteiger charge is -2.31. The van der Waals surface area contributed by atoms with E-state index in [0.29, 0.717) is 5.56 Å². The Morgan fingerprint density at radius 1 is 1.20 bits per heavy atom. The van der Waals surface area contributed by atoms with Crippen molar-refractivity contribution < 1.29 is 9.90 Å². The lowest BCUT2D eigenvalue weighted by molar-refractivity contribution is 0.0696. The highest BCUT2D eigenvalue weighted by Crippen LogP contribution is 2.33. The summed E-state index contributed by atoms with van der Waals surface area (Å²) in [4.78, 5) is 13.4. The van der Waals surface area contributed by atoms with Crippen molar-refractivity contribution in [2.24, 2.45) is 0 Å². The summed E-state index contributed by atoms with van der Waals surface area (Å²) < 4.78 is 0. The van der Waals surface area contributed by atoms with E-state index < -0.39 is 5.97 Å². The van der Waals surface area contributed by atoms with Gasteiger partial charge in [0.05, 0.1) is 5.56 Å². The van der Waals surface area contributed by atoms with Gasteiger partial charge in [0, 0.05) is 17.9 Å². The summed E-state index contributed by atoms with van der Waals surface area (Å²) in [7, 11) is 0. The Kier molecular flexibility index (Phi) is 3.18. The van der Waals surface area contributed by atoms with E-state index in [2.05, 4.69) is 29.2 Å². The minimum atomic E-state index is -0.868. The summed E-state index contributed by atoms with van der Waals surface area (Å²) >= 11 is 0. The molecule has 0 unspecified atom stereocenters. The van der Waals surface area contributed by atoms with Crippen LogP contribution in [0.3, 0.4) is 0 Å². The molecule has 1 N–H and O–H groups in total. The number of aromatic carboxylic acids is 1. The number of carbonyl (C=O) groups is 1. The molecule has 3 rings (SSSR count). The zero-order valence-corrected chi connectivity index (χ0v) is 11.5. The van der Waals surface area contributed by atoms with Crippen LogP contribution in [0.5, 0.6) is 0 Å². The molecule has 0 saturated carbocycles. The van der Waals surface area contributed by atoms with E-state index in [4.69, 9.17) is 5.11 Å². The molecule has 2 aromatic carbocycles. The Balaban J connectivity index is 2.03. The van der Waals surface area contributed by atoms with E-state index >= 15 is 0 Å². The van der Waals surface area contributed by atoms with Gasteiger partial charge in [-0.3, -0.25) is 0 Å². The normalized spacial score (nSPS) is 13.9. The predicted octanol–water partition coefficient (Wildman–Crippen LogP) is 3.78. The van der Waals surface area contributed by atoms with E-state index in [0.717, 1.165) is 30.6 Å². The van der Waals surface area contributed by atoms with Gasteiger partial charge in [-0.15, -0.1) is 0 Å². The van der Waals surface area contributed by atoms with Gasteiger partial charge >= 0.3 is 5.97 Å². The number of hydrogen-bond donors (Lipinski definition) is 1. The van der Waals surface area contributed by atoms with Crippen molar-refractivity contribution in [3.05, 3.63) is 59.2 Å². The number of hydrogen-bond acceptors (Lipinski definition) is 2. The van der Waals surface area contributed by atoms with Crippen LogP contribution in [0.15, 0.2) is 42.5 Å². The molecule has 1 aliphatic rings. The molecule has 2 aromatic rings. The van der Waals surface area contributed by atoms with Gasteiger partial charge in [-0.1, -0.05) is 18.2 Å². The second kappa shape index (κ2) is 5.00. The van der Waals surface area contributed by atoms with Gasteiger partial charge in [-0.25, -0.2) is 4.79 Å². The standard InChI is InChI=1S/C17H17NO2/c1-12-11-14(8-9-15(12)17(19)20)18-10-4-6-13-5-2-3-7-16(13)18/h2-3,5,7-9,11H,4,6,10H2,1H3,(H,19,20). The van der Waals surface area contributed by atoms with Crippen molar-refractivity contribution in [1.82, 2.24) is 0 Å². The van der Waals surface area contributed by atoms with Crippen LogP contribution in [0.4, 0.5) is 11.4 Å². The molecule has 0 amide bonds.